The van der Waals surface area contributed by atoms with Crippen LogP contribution >= 0.6 is 0 Å². The second-order valence-electron chi connectivity index (χ2n) is 8.98. The first-order valence-electron chi connectivity index (χ1n) is 11.1. The third-order valence-electron chi connectivity index (χ3n) is 5.83. The van der Waals surface area contributed by atoms with Crippen molar-refractivity contribution in [3.05, 3.63) is 70.3 Å². The lowest BCUT2D eigenvalue weighted by atomic mass is 9.86. The molecule has 2 aromatic rings. The maximum absolute atomic E-state index is 13.6. The molecule has 0 radical (unpaired) electrons. The number of hydrogen-bond donors (Lipinski definition) is 3. The van der Waals surface area contributed by atoms with Crippen LogP contribution in [0.3, 0.4) is 0 Å². The van der Waals surface area contributed by atoms with Crippen molar-refractivity contribution in [3.63, 3.8) is 0 Å². The molecule has 3 N–H and O–H groups in total. The van der Waals surface area contributed by atoms with Gasteiger partial charge in [0.2, 0.25) is 5.91 Å². The van der Waals surface area contributed by atoms with E-state index in [-0.39, 0.29) is 24.9 Å². The largest absolute Gasteiger partial charge is 0.390 e. The molecule has 5 nitrogen and oxygen atoms in total. The fourth-order valence-corrected chi connectivity index (χ4v) is 4.46. The maximum atomic E-state index is 13.6. The van der Waals surface area contributed by atoms with Gasteiger partial charge in [-0.05, 0) is 74.2 Å². The molecule has 0 fully saturated rings. The molecule has 32 heavy (non-hydrogen) atoms. The maximum Gasteiger partial charge on any atom is 0.217 e. The standard InChI is InChI=1S/C25H33F2N3O2/c1-16(31)29-24(12-18-9-20(26)13-21(27)10-18)25(32)14-28-23-6-4-5-19-8-7-17(11-22(19)23)15-30(2)3/h7-11,13,23-25,28,32H,4-6,12,14-15H2,1-3H3,(H,29,31)/t23-,24-,25-/m0/s1. The van der Waals surface area contributed by atoms with Gasteiger partial charge in [-0.25, -0.2) is 8.78 Å². The number of carbonyl (C=O) groups is 1. The average molecular weight is 446 g/mol. The molecule has 1 amide bonds. The Bertz CT molecular complexity index is 915. The van der Waals surface area contributed by atoms with Gasteiger partial charge in [0.15, 0.2) is 0 Å². The molecule has 3 rings (SSSR count). The number of halogens is 2. The predicted octanol–water partition coefficient (Wildman–Crippen LogP) is 3.10. The van der Waals surface area contributed by atoms with Gasteiger partial charge in [-0.3, -0.25) is 4.79 Å². The van der Waals surface area contributed by atoms with E-state index in [0.717, 1.165) is 31.9 Å². The Balaban J connectivity index is 1.69. The van der Waals surface area contributed by atoms with Crippen molar-refractivity contribution in [1.29, 1.82) is 0 Å². The molecule has 0 heterocycles. The van der Waals surface area contributed by atoms with Gasteiger partial charge in [0.25, 0.3) is 0 Å². The van der Waals surface area contributed by atoms with E-state index in [9.17, 15) is 18.7 Å². The van der Waals surface area contributed by atoms with Crippen LogP contribution in [-0.4, -0.2) is 48.7 Å². The van der Waals surface area contributed by atoms with Gasteiger partial charge in [-0.15, -0.1) is 0 Å². The Kier molecular flexibility index (Phi) is 8.34. The van der Waals surface area contributed by atoms with Crippen molar-refractivity contribution < 1.29 is 18.7 Å². The van der Waals surface area contributed by atoms with Crippen molar-refractivity contribution >= 4 is 5.91 Å². The minimum Gasteiger partial charge on any atom is -0.390 e. The summed E-state index contributed by atoms with van der Waals surface area (Å²) in [6.07, 6.45) is 2.28. The number of nitrogens with zero attached hydrogens (tertiary/aromatic N) is 1. The summed E-state index contributed by atoms with van der Waals surface area (Å²) in [5.74, 6) is -1.66. The number of aliphatic hydroxyl groups excluding tert-OH is 1. The highest BCUT2D eigenvalue weighted by molar-refractivity contribution is 5.73. The Labute approximate surface area is 188 Å². The van der Waals surface area contributed by atoms with Crippen LogP contribution in [0.1, 0.15) is 48.1 Å². The lowest BCUT2D eigenvalue weighted by Gasteiger charge is -2.30. The lowest BCUT2D eigenvalue weighted by Crippen LogP contribution is -2.48. The van der Waals surface area contributed by atoms with Gasteiger partial charge in [0.1, 0.15) is 11.6 Å². The number of carbonyl (C=O) groups excluding carboxylic acids is 1. The number of nitrogens with one attached hydrogen (secondary N) is 2. The summed E-state index contributed by atoms with van der Waals surface area (Å²) < 4.78 is 27.2. The van der Waals surface area contributed by atoms with Gasteiger partial charge < -0.3 is 20.6 Å². The monoisotopic (exact) mass is 445 g/mol. The fraction of sp³-hybridized carbons (Fsp3) is 0.480. The van der Waals surface area contributed by atoms with Gasteiger partial charge in [-0.1, -0.05) is 18.2 Å². The van der Waals surface area contributed by atoms with Gasteiger partial charge in [0.05, 0.1) is 12.1 Å². The SMILES string of the molecule is CC(=O)N[C@@H](Cc1cc(F)cc(F)c1)[C@@H](O)CN[C@H]1CCCc2ccc(CN(C)C)cc21. The second kappa shape index (κ2) is 11.0. The lowest BCUT2D eigenvalue weighted by molar-refractivity contribution is -0.120. The van der Waals surface area contributed by atoms with E-state index in [4.69, 9.17) is 0 Å². The van der Waals surface area contributed by atoms with E-state index >= 15 is 0 Å². The van der Waals surface area contributed by atoms with Crippen LogP contribution in [0.25, 0.3) is 0 Å². The van der Waals surface area contributed by atoms with Crippen LogP contribution in [-0.2, 0) is 24.2 Å². The topological polar surface area (TPSA) is 64.6 Å². The Morgan fingerprint density at radius 3 is 2.53 bits per heavy atom. The smallest absolute Gasteiger partial charge is 0.217 e. The Hall–Kier alpha value is -2.35. The molecule has 0 unspecified atom stereocenters. The highest BCUT2D eigenvalue weighted by Gasteiger charge is 2.25. The quantitative estimate of drug-likeness (QED) is 0.555. The number of benzene rings is 2. The van der Waals surface area contributed by atoms with E-state index in [1.54, 1.807) is 0 Å². The van der Waals surface area contributed by atoms with E-state index in [1.165, 1.54) is 35.7 Å². The highest BCUT2D eigenvalue weighted by atomic mass is 19.1. The molecule has 0 bridgehead atoms. The zero-order valence-corrected chi connectivity index (χ0v) is 19.0. The first-order chi connectivity index (χ1) is 15.2. The minimum absolute atomic E-state index is 0.111. The molecule has 0 saturated carbocycles. The average Bonchev–Trinajstić information content (AvgIpc) is 2.70. The summed E-state index contributed by atoms with van der Waals surface area (Å²) >= 11 is 0. The Morgan fingerprint density at radius 2 is 1.88 bits per heavy atom. The Morgan fingerprint density at radius 1 is 1.16 bits per heavy atom. The van der Waals surface area contributed by atoms with Crippen molar-refractivity contribution in [2.24, 2.45) is 0 Å². The summed E-state index contributed by atoms with van der Waals surface area (Å²) in [6, 6.07) is 9.30. The molecule has 0 saturated heterocycles. The molecule has 2 aromatic carbocycles. The van der Waals surface area contributed by atoms with E-state index in [2.05, 4.69) is 33.7 Å². The number of amides is 1. The summed E-state index contributed by atoms with van der Waals surface area (Å²) in [6.45, 7) is 2.48. The molecule has 3 atom stereocenters. The fourth-order valence-electron chi connectivity index (χ4n) is 4.46. The normalized spacial score (nSPS) is 17.7. The highest BCUT2D eigenvalue weighted by Crippen LogP contribution is 2.31. The summed E-state index contributed by atoms with van der Waals surface area (Å²) in [7, 11) is 4.08. The molecule has 1 aliphatic rings. The number of aryl methyl sites for hydroxylation is 1. The minimum atomic E-state index is -0.916. The van der Waals surface area contributed by atoms with E-state index in [0.29, 0.717) is 5.56 Å². The number of hydrogen-bond acceptors (Lipinski definition) is 4. The van der Waals surface area contributed by atoms with Gasteiger partial charge in [-0.2, -0.15) is 0 Å². The molecule has 0 spiro atoms. The molecular formula is C25H33F2N3O2. The second-order valence-corrected chi connectivity index (χ2v) is 8.98. The van der Waals surface area contributed by atoms with Crippen LogP contribution in [0.5, 0.6) is 0 Å². The molecule has 7 heteroatoms. The van der Waals surface area contributed by atoms with Crippen molar-refractivity contribution in [2.45, 2.75) is 57.3 Å². The summed E-state index contributed by atoms with van der Waals surface area (Å²) in [5, 5.41) is 17.0. The van der Waals surface area contributed by atoms with Gasteiger partial charge in [0, 0.05) is 32.1 Å². The van der Waals surface area contributed by atoms with E-state index < -0.39 is 23.8 Å². The molecule has 1 aliphatic carbocycles. The van der Waals surface area contributed by atoms with Crippen molar-refractivity contribution in [1.82, 2.24) is 15.5 Å². The van der Waals surface area contributed by atoms with Crippen molar-refractivity contribution in [3.8, 4) is 0 Å². The van der Waals surface area contributed by atoms with Crippen molar-refractivity contribution in [2.75, 3.05) is 20.6 Å². The number of rotatable bonds is 9. The molecule has 0 aromatic heterocycles. The van der Waals surface area contributed by atoms with Gasteiger partial charge >= 0.3 is 0 Å². The number of aliphatic hydroxyl groups is 1. The third kappa shape index (κ3) is 6.82. The van der Waals surface area contributed by atoms with E-state index in [1.807, 2.05) is 14.1 Å². The van der Waals surface area contributed by atoms with Crippen LogP contribution in [0.15, 0.2) is 36.4 Å². The molecule has 0 aliphatic heterocycles. The van der Waals surface area contributed by atoms with Crippen LogP contribution < -0.4 is 10.6 Å². The zero-order chi connectivity index (χ0) is 23.3. The molecule has 174 valence electrons. The van der Waals surface area contributed by atoms with Crippen LogP contribution in [0, 0.1) is 11.6 Å². The van der Waals surface area contributed by atoms with Crippen LogP contribution in [0.4, 0.5) is 8.78 Å². The molecular weight excluding hydrogens is 412 g/mol. The number of fused-ring (bicyclic) bond motifs is 1. The summed E-state index contributed by atoms with van der Waals surface area (Å²) in [4.78, 5) is 13.8. The zero-order valence-electron chi connectivity index (χ0n) is 19.0. The first-order valence-corrected chi connectivity index (χ1v) is 11.1. The first kappa shape index (κ1) is 24.3. The van der Waals surface area contributed by atoms with Crippen LogP contribution in [0.2, 0.25) is 0 Å². The predicted molar refractivity (Wildman–Crippen MR) is 121 cm³/mol. The third-order valence-corrected chi connectivity index (χ3v) is 5.83. The summed E-state index contributed by atoms with van der Waals surface area (Å²) in [5.41, 5.74) is 4.20.